The number of amides is 1. The van der Waals surface area contributed by atoms with Crippen molar-refractivity contribution in [2.24, 2.45) is 0 Å². The maximum absolute atomic E-state index is 13.7. The second-order valence-corrected chi connectivity index (χ2v) is 6.77. The molecule has 4 rings (SSSR count). The first kappa shape index (κ1) is 16.6. The fourth-order valence-corrected chi connectivity index (χ4v) is 3.74. The number of aromatic amines is 1. The summed E-state index contributed by atoms with van der Waals surface area (Å²) in [6.07, 6.45) is 2.60. The highest BCUT2D eigenvalue weighted by Gasteiger charge is 2.24. The first-order chi connectivity index (χ1) is 12.6. The number of aryl methyl sites for hydroxylation is 1. The van der Waals surface area contributed by atoms with Gasteiger partial charge in [-0.1, -0.05) is 18.2 Å². The molecule has 0 fully saturated rings. The molecule has 2 aromatic carbocycles. The lowest BCUT2D eigenvalue weighted by Gasteiger charge is -2.23. The van der Waals surface area contributed by atoms with Crippen molar-refractivity contribution >= 4 is 16.8 Å². The number of aromatic nitrogens is 1. The molecule has 0 bridgehead atoms. The topological polar surface area (TPSA) is 54.1 Å². The molecule has 2 N–H and O–H groups in total. The molecule has 1 amide bonds. The van der Waals surface area contributed by atoms with Crippen LogP contribution >= 0.6 is 0 Å². The molecule has 0 aliphatic heterocycles. The molecular formula is C21H21FN2O2. The zero-order valence-corrected chi connectivity index (χ0v) is 14.6. The summed E-state index contributed by atoms with van der Waals surface area (Å²) in [5.41, 5.74) is 3.99. The molecule has 1 unspecified atom stereocenters. The van der Waals surface area contributed by atoms with E-state index >= 15 is 0 Å². The Bertz CT molecular complexity index is 964. The number of halogens is 1. The van der Waals surface area contributed by atoms with Gasteiger partial charge in [0, 0.05) is 22.6 Å². The number of rotatable bonds is 4. The number of ether oxygens (including phenoxy) is 1. The number of nitrogens with one attached hydrogen (secondary N) is 2. The second-order valence-electron chi connectivity index (χ2n) is 6.77. The molecule has 1 heterocycles. The van der Waals surface area contributed by atoms with Gasteiger partial charge in [-0.3, -0.25) is 4.79 Å². The van der Waals surface area contributed by atoms with Crippen molar-refractivity contribution in [3.05, 3.63) is 65.1 Å². The number of carbonyl (C=O) groups excluding carboxylic acids is 1. The highest BCUT2D eigenvalue weighted by atomic mass is 19.1. The van der Waals surface area contributed by atoms with E-state index in [1.807, 2.05) is 18.2 Å². The van der Waals surface area contributed by atoms with Crippen LogP contribution in [-0.2, 0) is 24.1 Å². The minimum atomic E-state index is -0.336. The second kappa shape index (κ2) is 6.83. The summed E-state index contributed by atoms with van der Waals surface area (Å²) in [4.78, 5) is 15.8. The van der Waals surface area contributed by atoms with Crippen molar-refractivity contribution in [2.75, 3.05) is 7.11 Å². The maximum atomic E-state index is 13.7. The molecule has 0 spiro atoms. The molecule has 1 atom stereocenters. The Morgan fingerprint density at radius 2 is 2.15 bits per heavy atom. The molecule has 3 aromatic rings. The van der Waals surface area contributed by atoms with E-state index in [2.05, 4.69) is 10.3 Å². The Kier molecular flexibility index (Phi) is 4.37. The number of methoxy groups -OCH3 is 1. The van der Waals surface area contributed by atoms with Crippen LogP contribution in [0, 0.1) is 5.82 Å². The first-order valence-electron chi connectivity index (χ1n) is 8.84. The molecule has 134 valence electrons. The fourth-order valence-electron chi connectivity index (χ4n) is 3.74. The Hall–Kier alpha value is -2.82. The van der Waals surface area contributed by atoms with Crippen LogP contribution in [0.3, 0.4) is 0 Å². The zero-order valence-electron chi connectivity index (χ0n) is 14.6. The SMILES string of the molecule is COc1ccc2[nH]c3c(c2c1)CC(NC(=O)Cc1ccccc1F)CC3. The van der Waals surface area contributed by atoms with Gasteiger partial charge in [0.05, 0.1) is 13.5 Å². The van der Waals surface area contributed by atoms with Crippen molar-refractivity contribution in [1.29, 1.82) is 0 Å². The van der Waals surface area contributed by atoms with E-state index in [0.29, 0.717) is 5.56 Å². The average Bonchev–Trinajstić information content (AvgIpc) is 3.00. The van der Waals surface area contributed by atoms with Crippen molar-refractivity contribution in [2.45, 2.75) is 31.7 Å². The monoisotopic (exact) mass is 352 g/mol. The van der Waals surface area contributed by atoms with E-state index < -0.39 is 0 Å². The van der Waals surface area contributed by atoms with Crippen LogP contribution in [-0.4, -0.2) is 24.0 Å². The lowest BCUT2D eigenvalue weighted by atomic mass is 9.91. The fraction of sp³-hybridized carbons (Fsp3) is 0.286. The van der Waals surface area contributed by atoms with Gasteiger partial charge in [-0.15, -0.1) is 0 Å². The molecule has 0 radical (unpaired) electrons. The molecule has 4 nitrogen and oxygen atoms in total. The number of fused-ring (bicyclic) bond motifs is 3. The summed E-state index contributed by atoms with van der Waals surface area (Å²) in [7, 11) is 1.66. The van der Waals surface area contributed by atoms with Crippen molar-refractivity contribution < 1.29 is 13.9 Å². The Labute approximate surface area is 151 Å². The summed E-state index contributed by atoms with van der Waals surface area (Å²) < 4.78 is 19.1. The number of benzene rings is 2. The van der Waals surface area contributed by atoms with Crippen LogP contribution in [0.4, 0.5) is 4.39 Å². The van der Waals surface area contributed by atoms with Crippen LogP contribution < -0.4 is 10.1 Å². The van der Waals surface area contributed by atoms with Crippen LogP contribution in [0.25, 0.3) is 10.9 Å². The summed E-state index contributed by atoms with van der Waals surface area (Å²) in [6.45, 7) is 0. The van der Waals surface area contributed by atoms with Gasteiger partial charge in [-0.2, -0.15) is 0 Å². The quantitative estimate of drug-likeness (QED) is 0.755. The van der Waals surface area contributed by atoms with Gasteiger partial charge in [0.25, 0.3) is 0 Å². The molecule has 26 heavy (non-hydrogen) atoms. The summed E-state index contributed by atoms with van der Waals surface area (Å²) >= 11 is 0. The molecule has 1 aromatic heterocycles. The van der Waals surface area contributed by atoms with E-state index in [0.717, 1.165) is 35.9 Å². The van der Waals surface area contributed by atoms with Gasteiger partial charge in [0.1, 0.15) is 11.6 Å². The summed E-state index contributed by atoms with van der Waals surface area (Å²) in [6, 6.07) is 12.5. The van der Waals surface area contributed by atoms with Gasteiger partial charge in [0.15, 0.2) is 0 Å². The van der Waals surface area contributed by atoms with E-state index in [1.54, 1.807) is 25.3 Å². The summed E-state index contributed by atoms with van der Waals surface area (Å²) in [5, 5.41) is 4.21. The molecule has 0 saturated heterocycles. The third kappa shape index (κ3) is 3.17. The Morgan fingerprint density at radius 1 is 1.31 bits per heavy atom. The Morgan fingerprint density at radius 3 is 2.96 bits per heavy atom. The molecule has 1 aliphatic rings. The van der Waals surface area contributed by atoms with Crippen LogP contribution in [0.5, 0.6) is 5.75 Å². The smallest absolute Gasteiger partial charge is 0.224 e. The average molecular weight is 352 g/mol. The largest absolute Gasteiger partial charge is 0.497 e. The van der Waals surface area contributed by atoms with Gasteiger partial charge in [-0.05, 0) is 54.7 Å². The highest BCUT2D eigenvalue weighted by molar-refractivity contribution is 5.86. The van der Waals surface area contributed by atoms with Gasteiger partial charge in [0.2, 0.25) is 5.91 Å². The van der Waals surface area contributed by atoms with Crippen molar-refractivity contribution in [3.8, 4) is 5.75 Å². The van der Waals surface area contributed by atoms with Crippen molar-refractivity contribution in [3.63, 3.8) is 0 Å². The Balaban J connectivity index is 1.49. The minimum Gasteiger partial charge on any atom is -0.497 e. The predicted molar refractivity (Wildman–Crippen MR) is 98.9 cm³/mol. The third-order valence-corrected chi connectivity index (χ3v) is 5.07. The maximum Gasteiger partial charge on any atom is 0.224 e. The summed E-state index contributed by atoms with van der Waals surface area (Å²) in [5.74, 6) is 0.350. The van der Waals surface area contributed by atoms with Crippen LogP contribution in [0.15, 0.2) is 42.5 Å². The predicted octanol–water partition coefficient (Wildman–Crippen LogP) is 3.53. The molecule has 5 heteroatoms. The number of hydrogen-bond acceptors (Lipinski definition) is 2. The zero-order chi connectivity index (χ0) is 18.1. The van der Waals surface area contributed by atoms with E-state index in [4.69, 9.17) is 4.74 Å². The van der Waals surface area contributed by atoms with E-state index in [9.17, 15) is 9.18 Å². The standard InChI is InChI=1S/C21H21FN2O2/c1-26-15-7-9-20-17(12-15)16-11-14(6-8-19(16)24-20)23-21(25)10-13-4-2-3-5-18(13)22/h2-5,7,9,12,14,24H,6,8,10-11H2,1H3,(H,23,25). The first-order valence-corrected chi connectivity index (χ1v) is 8.84. The van der Waals surface area contributed by atoms with Gasteiger partial charge >= 0.3 is 0 Å². The molecule has 1 aliphatic carbocycles. The molecular weight excluding hydrogens is 331 g/mol. The lowest BCUT2D eigenvalue weighted by molar-refractivity contribution is -0.121. The normalized spacial score (nSPS) is 16.3. The highest BCUT2D eigenvalue weighted by Crippen LogP contribution is 2.31. The number of hydrogen-bond donors (Lipinski definition) is 2. The van der Waals surface area contributed by atoms with E-state index in [1.165, 1.54) is 17.3 Å². The third-order valence-electron chi connectivity index (χ3n) is 5.07. The van der Waals surface area contributed by atoms with Crippen LogP contribution in [0.1, 0.15) is 23.2 Å². The molecule has 0 saturated carbocycles. The van der Waals surface area contributed by atoms with Gasteiger partial charge in [-0.25, -0.2) is 4.39 Å². The minimum absolute atomic E-state index is 0.0620. The van der Waals surface area contributed by atoms with Crippen LogP contribution in [0.2, 0.25) is 0 Å². The van der Waals surface area contributed by atoms with Gasteiger partial charge < -0.3 is 15.0 Å². The van der Waals surface area contributed by atoms with E-state index in [-0.39, 0.29) is 24.2 Å². The lowest BCUT2D eigenvalue weighted by Crippen LogP contribution is -2.39. The number of H-pyrrole nitrogens is 1. The number of carbonyl (C=O) groups is 1. The van der Waals surface area contributed by atoms with Crippen molar-refractivity contribution in [1.82, 2.24) is 10.3 Å².